The first-order valence-corrected chi connectivity index (χ1v) is 12.8. The van der Waals surface area contributed by atoms with E-state index in [9.17, 15) is 13.2 Å². The van der Waals surface area contributed by atoms with Crippen LogP contribution in [0.25, 0.3) is 0 Å². The Kier molecular flexibility index (Phi) is 8.55. The van der Waals surface area contributed by atoms with Crippen LogP contribution >= 0.6 is 11.9 Å². The monoisotopic (exact) mass is 515 g/mol. The maximum Gasteiger partial charge on any atom is 0.573 e. The van der Waals surface area contributed by atoms with Gasteiger partial charge < -0.3 is 19.7 Å². The SMILES string of the molecule is CSNC1CCC(CNc2ncnc(N3CCOCC3c3ccc(OC(F)(F)F)cc3)c2F)CC1. The fourth-order valence-corrected chi connectivity index (χ4v) is 5.17. The number of hydrogen-bond acceptors (Lipinski definition) is 8. The summed E-state index contributed by atoms with van der Waals surface area (Å²) in [6.45, 7) is 1.64. The van der Waals surface area contributed by atoms with Gasteiger partial charge in [-0.2, -0.15) is 4.39 Å². The second-order valence-corrected chi connectivity index (χ2v) is 9.33. The predicted molar refractivity (Wildman–Crippen MR) is 127 cm³/mol. The van der Waals surface area contributed by atoms with E-state index in [4.69, 9.17) is 4.74 Å². The molecule has 2 N–H and O–H groups in total. The molecule has 1 aliphatic carbocycles. The summed E-state index contributed by atoms with van der Waals surface area (Å²) in [4.78, 5) is 10.1. The van der Waals surface area contributed by atoms with E-state index in [0.29, 0.717) is 37.2 Å². The molecule has 7 nitrogen and oxygen atoms in total. The Hall–Kier alpha value is -2.31. The van der Waals surface area contributed by atoms with Crippen molar-refractivity contribution in [2.75, 3.05) is 42.8 Å². The van der Waals surface area contributed by atoms with E-state index in [1.165, 1.54) is 30.6 Å². The average molecular weight is 516 g/mol. The summed E-state index contributed by atoms with van der Waals surface area (Å²) in [5.74, 6) is -0.129. The Labute approximate surface area is 206 Å². The van der Waals surface area contributed by atoms with E-state index in [1.807, 2.05) is 6.26 Å². The number of ether oxygens (including phenoxy) is 2. The molecule has 0 radical (unpaired) electrons. The minimum Gasteiger partial charge on any atom is -0.406 e. The van der Waals surface area contributed by atoms with E-state index in [2.05, 4.69) is 24.7 Å². The quantitative estimate of drug-likeness (QED) is 0.379. The number of alkyl halides is 3. The number of anilines is 2. The molecule has 2 aliphatic rings. The fraction of sp³-hybridized carbons (Fsp3) is 0.565. The molecule has 2 heterocycles. The number of nitrogens with one attached hydrogen (secondary N) is 2. The Balaban J connectivity index is 1.44. The maximum atomic E-state index is 15.5. The molecule has 1 aromatic carbocycles. The molecule has 12 heteroatoms. The molecule has 1 aliphatic heterocycles. The van der Waals surface area contributed by atoms with Gasteiger partial charge in [0.05, 0.1) is 19.3 Å². The lowest BCUT2D eigenvalue weighted by Gasteiger charge is -2.37. The van der Waals surface area contributed by atoms with Gasteiger partial charge >= 0.3 is 6.36 Å². The third-order valence-corrected chi connectivity index (χ3v) is 6.93. The van der Waals surface area contributed by atoms with Crippen LogP contribution in [0, 0.1) is 11.7 Å². The van der Waals surface area contributed by atoms with E-state index in [-0.39, 0.29) is 24.0 Å². The van der Waals surface area contributed by atoms with E-state index >= 15 is 4.39 Å². The minimum atomic E-state index is -4.76. The van der Waals surface area contributed by atoms with Crippen molar-refractivity contribution >= 4 is 23.6 Å². The zero-order chi connectivity index (χ0) is 24.8. The van der Waals surface area contributed by atoms with E-state index in [0.717, 1.165) is 25.7 Å². The average Bonchev–Trinajstić information content (AvgIpc) is 2.84. The van der Waals surface area contributed by atoms with Crippen molar-refractivity contribution in [3.8, 4) is 5.75 Å². The van der Waals surface area contributed by atoms with Crippen LogP contribution in [0.4, 0.5) is 29.2 Å². The number of morpholine rings is 1. The first-order chi connectivity index (χ1) is 16.8. The maximum absolute atomic E-state index is 15.5. The summed E-state index contributed by atoms with van der Waals surface area (Å²) >= 11 is 1.64. The van der Waals surface area contributed by atoms with Crippen LogP contribution in [0.5, 0.6) is 5.75 Å². The van der Waals surface area contributed by atoms with Crippen molar-refractivity contribution in [3.63, 3.8) is 0 Å². The first-order valence-electron chi connectivity index (χ1n) is 11.6. The van der Waals surface area contributed by atoms with Gasteiger partial charge in [0.2, 0.25) is 5.82 Å². The topological polar surface area (TPSA) is 71.5 Å². The summed E-state index contributed by atoms with van der Waals surface area (Å²) in [6.07, 6.45) is 2.89. The molecule has 2 fully saturated rings. The molecule has 1 saturated heterocycles. The van der Waals surface area contributed by atoms with Gasteiger partial charge in [-0.25, -0.2) is 9.97 Å². The third kappa shape index (κ3) is 6.89. The largest absolute Gasteiger partial charge is 0.573 e. The molecule has 1 atom stereocenters. The number of rotatable bonds is 8. The highest BCUT2D eigenvalue weighted by Crippen LogP contribution is 2.34. The van der Waals surface area contributed by atoms with Crippen molar-refractivity contribution < 1.29 is 27.0 Å². The molecule has 1 aromatic heterocycles. The van der Waals surface area contributed by atoms with Crippen molar-refractivity contribution in [2.24, 2.45) is 5.92 Å². The van der Waals surface area contributed by atoms with E-state index < -0.39 is 18.2 Å². The lowest BCUT2D eigenvalue weighted by atomic mass is 9.86. The van der Waals surface area contributed by atoms with Crippen LogP contribution in [0.2, 0.25) is 0 Å². The molecule has 192 valence electrons. The molecule has 2 aromatic rings. The minimum absolute atomic E-state index is 0.138. The Morgan fingerprint density at radius 1 is 1.14 bits per heavy atom. The highest BCUT2D eigenvalue weighted by molar-refractivity contribution is 7.96. The third-order valence-electron chi connectivity index (χ3n) is 6.36. The predicted octanol–water partition coefficient (Wildman–Crippen LogP) is 4.93. The molecule has 1 unspecified atom stereocenters. The number of nitrogens with zero attached hydrogens (tertiary/aromatic N) is 3. The zero-order valence-corrected chi connectivity index (χ0v) is 20.2. The van der Waals surface area contributed by atoms with Crippen molar-refractivity contribution in [1.29, 1.82) is 0 Å². The van der Waals surface area contributed by atoms with Gasteiger partial charge in [-0.15, -0.1) is 13.2 Å². The molecule has 0 spiro atoms. The van der Waals surface area contributed by atoms with Gasteiger partial charge in [0.15, 0.2) is 11.6 Å². The summed E-state index contributed by atoms with van der Waals surface area (Å²) in [7, 11) is 0. The lowest BCUT2D eigenvalue weighted by molar-refractivity contribution is -0.274. The first kappa shape index (κ1) is 25.8. The van der Waals surface area contributed by atoms with Gasteiger partial charge in [0, 0.05) is 19.1 Å². The van der Waals surface area contributed by atoms with Crippen LogP contribution in [0.15, 0.2) is 30.6 Å². The van der Waals surface area contributed by atoms with Crippen LogP contribution in [0.3, 0.4) is 0 Å². The summed E-state index contributed by atoms with van der Waals surface area (Å²) in [6, 6.07) is 5.63. The van der Waals surface area contributed by atoms with Gasteiger partial charge in [-0.1, -0.05) is 24.1 Å². The smallest absolute Gasteiger partial charge is 0.406 e. The highest BCUT2D eigenvalue weighted by atomic mass is 32.2. The fourth-order valence-electron chi connectivity index (χ4n) is 4.60. The number of aromatic nitrogens is 2. The highest BCUT2D eigenvalue weighted by Gasteiger charge is 2.32. The number of benzene rings is 1. The summed E-state index contributed by atoms with van der Waals surface area (Å²) in [5, 5.41) is 3.16. The van der Waals surface area contributed by atoms with Crippen LogP contribution in [-0.4, -0.2) is 54.9 Å². The van der Waals surface area contributed by atoms with E-state index in [1.54, 1.807) is 16.8 Å². The zero-order valence-electron chi connectivity index (χ0n) is 19.4. The molecule has 1 saturated carbocycles. The Morgan fingerprint density at radius 2 is 1.89 bits per heavy atom. The number of hydrogen-bond donors (Lipinski definition) is 2. The van der Waals surface area contributed by atoms with Crippen LogP contribution in [0.1, 0.15) is 37.3 Å². The molecule has 4 rings (SSSR count). The molecular weight excluding hydrogens is 486 g/mol. The number of halogens is 4. The van der Waals surface area contributed by atoms with Crippen LogP contribution < -0.4 is 19.7 Å². The van der Waals surface area contributed by atoms with Crippen molar-refractivity contribution in [1.82, 2.24) is 14.7 Å². The van der Waals surface area contributed by atoms with Gasteiger partial charge in [0.1, 0.15) is 12.1 Å². The Morgan fingerprint density at radius 3 is 2.57 bits per heavy atom. The second-order valence-electron chi connectivity index (χ2n) is 8.68. The van der Waals surface area contributed by atoms with Gasteiger partial charge in [-0.3, -0.25) is 4.72 Å². The molecule has 0 bridgehead atoms. The standard InChI is InChI=1S/C23H29F4N5O2S/c1-35-31-17-6-2-15(3-7-17)12-28-21-20(24)22(30-14-29-21)32-10-11-33-13-19(32)16-4-8-18(9-5-16)34-23(25,26)27/h4-5,8-9,14-15,17,19,31H,2-3,6-7,10-13H2,1H3,(H,28,29,30). The van der Waals surface area contributed by atoms with Crippen LogP contribution in [-0.2, 0) is 4.74 Å². The second kappa shape index (κ2) is 11.6. The normalized spacial score (nSPS) is 23.2. The van der Waals surface area contributed by atoms with Gasteiger partial charge in [-0.05, 0) is 55.6 Å². The Bertz CT molecular complexity index is 958. The summed E-state index contributed by atoms with van der Waals surface area (Å²) < 4.78 is 65.8. The van der Waals surface area contributed by atoms with Crippen molar-refractivity contribution in [2.45, 2.75) is 44.1 Å². The molecule has 0 amide bonds. The van der Waals surface area contributed by atoms with Gasteiger partial charge in [0.25, 0.3) is 0 Å². The molecule has 35 heavy (non-hydrogen) atoms. The lowest BCUT2D eigenvalue weighted by Crippen LogP contribution is -2.40. The molecular formula is C23H29F4N5O2S. The summed E-state index contributed by atoms with van der Waals surface area (Å²) in [5.41, 5.74) is 0.669. The van der Waals surface area contributed by atoms with Crippen molar-refractivity contribution in [3.05, 3.63) is 42.0 Å².